The predicted molar refractivity (Wildman–Crippen MR) is 55.5 cm³/mol. The van der Waals surface area contributed by atoms with Crippen LogP contribution in [0.25, 0.3) is 5.69 Å². The van der Waals surface area contributed by atoms with Gasteiger partial charge in [0.1, 0.15) is 13.6 Å². The lowest BCUT2D eigenvalue weighted by Gasteiger charge is -2.07. The van der Waals surface area contributed by atoms with E-state index in [2.05, 4.69) is 5.10 Å². The van der Waals surface area contributed by atoms with Crippen LogP contribution in [0.3, 0.4) is 0 Å². The third-order valence-corrected chi connectivity index (χ3v) is 1.99. The van der Waals surface area contributed by atoms with Crippen LogP contribution in [-0.4, -0.2) is 24.7 Å². The van der Waals surface area contributed by atoms with Crippen LogP contribution in [0.5, 0.6) is 5.75 Å². The zero-order valence-corrected chi connectivity index (χ0v) is 7.84. The molecule has 0 atom stereocenters. The Morgan fingerprint density at radius 1 is 1.43 bits per heavy atom. The maximum absolute atomic E-state index is 5.70. The second-order valence-electron chi connectivity index (χ2n) is 2.88. The SMILES string of the molecule is [B]c1ccc(-n2cccn2)cc1OC. The Bertz CT molecular complexity index is 426. The van der Waals surface area contributed by atoms with Gasteiger partial charge < -0.3 is 4.74 Å². The van der Waals surface area contributed by atoms with Gasteiger partial charge in [0.05, 0.1) is 12.8 Å². The minimum atomic E-state index is 0.628. The summed E-state index contributed by atoms with van der Waals surface area (Å²) in [6.45, 7) is 0. The number of hydrogen-bond donors (Lipinski definition) is 0. The van der Waals surface area contributed by atoms with Crippen LogP contribution in [0, 0.1) is 0 Å². The van der Waals surface area contributed by atoms with E-state index in [0.29, 0.717) is 11.2 Å². The Morgan fingerprint density at radius 2 is 2.29 bits per heavy atom. The molecule has 0 unspecified atom stereocenters. The molecule has 14 heavy (non-hydrogen) atoms. The summed E-state index contributed by atoms with van der Waals surface area (Å²) in [6, 6.07) is 7.41. The van der Waals surface area contributed by atoms with Gasteiger partial charge in [-0.25, -0.2) is 4.68 Å². The molecular weight excluding hydrogens is 175 g/mol. The van der Waals surface area contributed by atoms with Crippen LogP contribution < -0.4 is 10.2 Å². The molecule has 2 radical (unpaired) electrons. The standard InChI is InChI=1S/C10H9BN2O/c1-14-10-7-8(3-4-9(10)11)13-6-2-5-12-13/h2-7H,1H3. The maximum Gasteiger partial charge on any atom is 0.119 e. The van der Waals surface area contributed by atoms with Crippen molar-refractivity contribution in [3.8, 4) is 11.4 Å². The molecule has 68 valence electrons. The highest BCUT2D eigenvalue weighted by Crippen LogP contribution is 2.12. The average Bonchev–Trinajstić information content (AvgIpc) is 2.71. The summed E-state index contributed by atoms with van der Waals surface area (Å²) in [5, 5.41) is 4.11. The average molecular weight is 184 g/mol. The second-order valence-corrected chi connectivity index (χ2v) is 2.88. The van der Waals surface area contributed by atoms with Gasteiger partial charge >= 0.3 is 0 Å². The summed E-state index contributed by atoms with van der Waals surface area (Å²) in [5.74, 6) is 0.665. The Kier molecular flexibility index (Phi) is 2.27. The lowest BCUT2D eigenvalue weighted by molar-refractivity contribution is 0.418. The van der Waals surface area contributed by atoms with Crippen molar-refractivity contribution < 1.29 is 4.74 Å². The van der Waals surface area contributed by atoms with Crippen LogP contribution in [0.1, 0.15) is 0 Å². The van der Waals surface area contributed by atoms with Gasteiger partial charge in [0.15, 0.2) is 0 Å². The van der Waals surface area contributed by atoms with Gasteiger partial charge in [-0.05, 0) is 12.1 Å². The molecule has 0 aliphatic heterocycles. The third kappa shape index (κ3) is 1.51. The lowest BCUT2D eigenvalue weighted by atomic mass is 9.95. The van der Waals surface area contributed by atoms with E-state index < -0.39 is 0 Å². The molecule has 0 N–H and O–H groups in total. The third-order valence-electron chi connectivity index (χ3n) is 1.99. The molecule has 1 aromatic carbocycles. The van der Waals surface area contributed by atoms with E-state index in [1.165, 1.54) is 0 Å². The van der Waals surface area contributed by atoms with Crippen molar-refractivity contribution in [2.45, 2.75) is 0 Å². The van der Waals surface area contributed by atoms with Gasteiger partial charge in [-0.3, -0.25) is 0 Å². The highest BCUT2D eigenvalue weighted by molar-refractivity contribution is 6.34. The fourth-order valence-corrected chi connectivity index (χ4v) is 1.26. The molecule has 0 aliphatic rings. The molecule has 0 bridgehead atoms. The van der Waals surface area contributed by atoms with Gasteiger partial charge in [-0.15, -0.1) is 0 Å². The van der Waals surface area contributed by atoms with E-state index >= 15 is 0 Å². The molecule has 2 aromatic rings. The van der Waals surface area contributed by atoms with E-state index in [0.717, 1.165) is 5.69 Å². The monoisotopic (exact) mass is 184 g/mol. The first-order valence-corrected chi connectivity index (χ1v) is 4.25. The molecule has 0 aliphatic carbocycles. The normalized spacial score (nSPS) is 10.1. The van der Waals surface area contributed by atoms with E-state index in [-0.39, 0.29) is 0 Å². The molecule has 2 rings (SSSR count). The first-order valence-electron chi connectivity index (χ1n) is 4.25. The van der Waals surface area contributed by atoms with Crippen LogP contribution in [0.2, 0.25) is 0 Å². The number of hydrogen-bond acceptors (Lipinski definition) is 2. The van der Waals surface area contributed by atoms with E-state index in [1.807, 2.05) is 24.4 Å². The predicted octanol–water partition coefficient (Wildman–Crippen LogP) is 0.675. The van der Waals surface area contributed by atoms with Crippen molar-refractivity contribution in [3.05, 3.63) is 36.7 Å². The highest BCUT2D eigenvalue weighted by Gasteiger charge is 2.01. The fourth-order valence-electron chi connectivity index (χ4n) is 1.26. The summed E-state index contributed by atoms with van der Waals surface area (Å²) < 4.78 is 6.87. The summed E-state index contributed by atoms with van der Waals surface area (Å²) in [6.07, 6.45) is 3.59. The molecule has 1 heterocycles. The van der Waals surface area contributed by atoms with E-state index in [4.69, 9.17) is 12.6 Å². The topological polar surface area (TPSA) is 27.1 Å². The van der Waals surface area contributed by atoms with E-state index in [9.17, 15) is 0 Å². The summed E-state index contributed by atoms with van der Waals surface area (Å²) >= 11 is 0. The Morgan fingerprint density at radius 3 is 2.93 bits per heavy atom. The number of rotatable bonds is 2. The number of ether oxygens (including phenoxy) is 1. The minimum absolute atomic E-state index is 0.628. The molecule has 0 saturated carbocycles. The summed E-state index contributed by atoms with van der Waals surface area (Å²) in [5.41, 5.74) is 1.56. The maximum atomic E-state index is 5.70. The fraction of sp³-hybridized carbons (Fsp3) is 0.100. The molecule has 0 saturated heterocycles. The zero-order valence-electron chi connectivity index (χ0n) is 7.84. The molecule has 4 heteroatoms. The van der Waals surface area contributed by atoms with Crippen LogP contribution in [0.4, 0.5) is 0 Å². The van der Waals surface area contributed by atoms with Crippen molar-refractivity contribution in [2.24, 2.45) is 0 Å². The molecule has 3 nitrogen and oxygen atoms in total. The van der Waals surface area contributed by atoms with Crippen molar-refractivity contribution in [3.63, 3.8) is 0 Å². The molecule has 1 aromatic heterocycles. The van der Waals surface area contributed by atoms with Gasteiger partial charge in [-0.2, -0.15) is 5.10 Å². The largest absolute Gasteiger partial charge is 0.497 e. The van der Waals surface area contributed by atoms with Crippen molar-refractivity contribution in [1.29, 1.82) is 0 Å². The molecular formula is C10H9BN2O. The van der Waals surface area contributed by atoms with Crippen LogP contribution in [0.15, 0.2) is 36.7 Å². The van der Waals surface area contributed by atoms with E-state index in [1.54, 1.807) is 24.1 Å². The number of nitrogens with zero attached hydrogens (tertiary/aromatic N) is 2. The molecule has 0 amide bonds. The summed E-state index contributed by atoms with van der Waals surface area (Å²) in [4.78, 5) is 0. The van der Waals surface area contributed by atoms with Crippen molar-refractivity contribution in [2.75, 3.05) is 7.11 Å². The summed E-state index contributed by atoms with van der Waals surface area (Å²) in [7, 11) is 7.29. The van der Waals surface area contributed by atoms with Crippen molar-refractivity contribution in [1.82, 2.24) is 9.78 Å². The van der Waals surface area contributed by atoms with Gasteiger partial charge in [-0.1, -0.05) is 11.5 Å². The number of aromatic nitrogens is 2. The Hall–Kier alpha value is -1.71. The van der Waals surface area contributed by atoms with Gasteiger partial charge in [0, 0.05) is 18.5 Å². The lowest BCUT2D eigenvalue weighted by Crippen LogP contribution is -2.08. The Labute approximate surface area is 83.7 Å². The molecule has 0 spiro atoms. The number of benzene rings is 1. The zero-order chi connectivity index (χ0) is 9.97. The quantitative estimate of drug-likeness (QED) is 0.641. The minimum Gasteiger partial charge on any atom is -0.497 e. The van der Waals surface area contributed by atoms with Gasteiger partial charge in [0.2, 0.25) is 0 Å². The Balaban J connectivity index is 2.46. The smallest absolute Gasteiger partial charge is 0.119 e. The highest BCUT2D eigenvalue weighted by atomic mass is 16.5. The second kappa shape index (κ2) is 3.58. The molecule has 0 fully saturated rings. The first kappa shape index (κ1) is 8.87. The first-order chi connectivity index (χ1) is 6.81. The van der Waals surface area contributed by atoms with Crippen LogP contribution >= 0.6 is 0 Å². The van der Waals surface area contributed by atoms with Gasteiger partial charge in [0.25, 0.3) is 0 Å². The van der Waals surface area contributed by atoms with Crippen LogP contribution in [-0.2, 0) is 0 Å². The van der Waals surface area contributed by atoms with Crippen molar-refractivity contribution >= 4 is 13.3 Å². The number of methoxy groups -OCH3 is 1.